The molecular weight excluding hydrogens is 428 g/mol. The van der Waals surface area contributed by atoms with Gasteiger partial charge in [-0.3, -0.25) is 4.31 Å². The highest BCUT2D eigenvalue weighted by Gasteiger charge is 2.26. The third-order valence-electron chi connectivity index (χ3n) is 4.61. The molecule has 0 saturated carbocycles. The number of sulfonamides is 1. The van der Waals surface area contributed by atoms with Crippen molar-refractivity contribution in [2.24, 2.45) is 0 Å². The fourth-order valence-electron chi connectivity index (χ4n) is 2.96. The number of rotatable bonds is 7. The fourth-order valence-corrected chi connectivity index (χ4v) is 4.65. The molecule has 0 saturated heterocycles. The van der Waals surface area contributed by atoms with E-state index in [4.69, 9.17) is 20.9 Å². The van der Waals surface area contributed by atoms with Gasteiger partial charge in [-0.2, -0.15) is 0 Å². The van der Waals surface area contributed by atoms with Crippen LogP contribution in [0.15, 0.2) is 57.9 Å². The summed E-state index contributed by atoms with van der Waals surface area (Å²) in [6.07, 6.45) is 0. The van der Waals surface area contributed by atoms with Gasteiger partial charge < -0.3 is 9.26 Å². The Morgan fingerprint density at radius 1 is 1.17 bits per heavy atom. The van der Waals surface area contributed by atoms with Gasteiger partial charge in [0.05, 0.1) is 32.4 Å². The van der Waals surface area contributed by atoms with E-state index in [0.29, 0.717) is 22.7 Å². The predicted octanol–water partition coefficient (Wildman–Crippen LogP) is 4.52. The van der Waals surface area contributed by atoms with Crippen LogP contribution >= 0.6 is 11.6 Å². The number of hydrogen-bond acceptors (Lipinski definition) is 6. The van der Waals surface area contributed by atoms with Crippen molar-refractivity contribution in [3.05, 3.63) is 76.1 Å². The lowest BCUT2D eigenvalue weighted by Crippen LogP contribution is -2.30. The molecule has 0 aliphatic carbocycles. The van der Waals surface area contributed by atoms with Crippen LogP contribution in [0.3, 0.4) is 0 Å². The van der Waals surface area contributed by atoms with Gasteiger partial charge in [0.2, 0.25) is 0 Å². The average molecular weight is 449 g/mol. The first kappa shape index (κ1) is 21.9. The Bertz CT molecular complexity index is 1140. The van der Waals surface area contributed by atoms with E-state index in [1.54, 1.807) is 51.1 Å². The number of nitrogens with zero attached hydrogens (tertiary/aromatic N) is 2. The van der Waals surface area contributed by atoms with Crippen LogP contribution in [0.5, 0.6) is 0 Å². The number of para-hydroxylation sites is 1. The summed E-state index contributed by atoms with van der Waals surface area (Å²) in [5.41, 5.74) is 1.76. The third-order valence-corrected chi connectivity index (χ3v) is 6.83. The summed E-state index contributed by atoms with van der Waals surface area (Å²) in [5, 5.41) is 3.91. The van der Waals surface area contributed by atoms with E-state index in [0.717, 1.165) is 0 Å². The second-order valence-electron chi connectivity index (χ2n) is 6.53. The summed E-state index contributed by atoms with van der Waals surface area (Å²) in [7, 11) is -3.91. The molecule has 0 N–H and O–H groups in total. The molecule has 0 unspecified atom stereocenters. The maximum Gasteiger partial charge on any atom is 0.340 e. The summed E-state index contributed by atoms with van der Waals surface area (Å²) >= 11 is 6.15. The molecule has 0 atom stereocenters. The number of carbonyl (C=O) groups is 1. The van der Waals surface area contributed by atoms with Gasteiger partial charge in [0.25, 0.3) is 10.0 Å². The van der Waals surface area contributed by atoms with E-state index in [1.807, 2.05) is 0 Å². The topological polar surface area (TPSA) is 89.7 Å². The molecule has 0 spiro atoms. The highest BCUT2D eigenvalue weighted by Crippen LogP contribution is 2.27. The number of carbonyl (C=O) groups excluding carboxylic acids is 1. The molecular formula is C21H21ClN2O5S. The van der Waals surface area contributed by atoms with Gasteiger partial charge in [0, 0.05) is 6.54 Å². The minimum atomic E-state index is -3.91. The van der Waals surface area contributed by atoms with Crippen molar-refractivity contribution in [1.82, 2.24) is 5.16 Å². The zero-order valence-corrected chi connectivity index (χ0v) is 18.3. The molecule has 1 heterocycles. The number of ether oxygens (including phenoxy) is 1. The molecule has 7 nitrogen and oxygen atoms in total. The number of anilines is 1. The van der Waals surface area contributed by atoms with E-state index in [9.17, 15) is 13.2 Å². The molecule has 0 aliphatic heterocycles. The number of aryl methyl sites for hydroxylation is 2. The lowest BCUT2D eigenvalue weighted by molar-refractivity contribution is 0.0470. The van der Waals surface area contributed by atoms with Crippen molar-refractivity contribution in [1.29, 1.82) is 0 Å². The number of benzene rings is 2. The summed E-state index contributed by atoms with van der Waals surface area (Å²) in [4.78, 5) is 12.6. The average Bonchev–Trinajstić information content (AvgIpc) is 3.05. The minimum Gasteiger partial charge on any atom is -0.457 e. The molecule has 0 fully saturated rings. The summed E-state index contributed by atoms with van der Waals surface area (Å²) in [5.74, 6) is -0.191. The maximum atomic E-state index is 13.2. The van der Waals surface area contributed by atoms with E-state index >= 15 is 0 Å². The lowest BCUT2D eigenvalue weighted by atomic mass is 10.2. The van der Waals surface area contributed by atoms with Crippen LogP contribution in [-0.2, 0) is 21.4 Å². The van der Waals surface area contributed by atoms with E-state index in [1.165, 1.54) is 22.5 Å². The van der Waals surface area contributed by atoms with E-state index < -0.39 is 16.0 Å². The fraction of sp³-hybridized carbons (Fsp3) is 0.238. The molecule has 3 rings (SSSR count). The highest BCUT2D eigenvalue weighted by molar-refractivity contribution is 7.92. The first-order chi connectivity index (χ1) is 14.3. The van der Waals surface area contributed by atoms with Crippen LogP contribution in [0.4, 0.5) is 5.69 Å². The van der Waals surface area contributed by atoms with Gasteiger partial charge in [0.15, 0.2) is 0 Å². The normalized spacial score (nSPS) is 11.3. The predicted molar refractivity (Wildman–Crippen MR) is 113 cm³/mol. The quantitative estimate of drug-likeness (QED) is 0.494. The monoisotopic (exact) mass is 448 g/mol. The maximum absolute atomic E-state index is 13.2. The van der Waals surface area contributed by atoms with Crippen LogP contribution in [0.1, 0.15) is 34.3 Å². The summed E-state index contributed by atoms with van der Waals surface area (Å²) < 4.78 is 38.0. The molecule has 0 radical (unpaired) electrons. The zero-order chi connectivity index (χ0) is 21.9. The molecule has 3 aromatic rings. The van der Waals surface area contributed by atoms with Crippen molar-refractivity contribution in [2.75, 3.05) is 10.8 Å². The van der Waals surface area contributed by atoms with Crippen molar-refractivity contribution in [2.45, 2.75) is 32.3 Å². The molecule has 158 valence electrons. The minimum absolute atomic E-state index is 0.0337. The zero-order valence-electron chi connectivity index (χ0n) is 16.8. The molecule has 30 heavy (non-hydrogen) atoms. The van der Waals surface area contributed by atoms with Crippen molar-refractivity contribution in [3.8, 4) is 0 Å². The van der Waals surface area contributed by atoms with Crippen LogP contribution in [-0.4, -0.2) is 26.1 Å². The Labute approximate surface area is 180 Å². The molecule has 2 aromatic carbocycles. The van der Waals surface area contributed by atoms with Crippen LogP contribution in [0, 0.1) is 13.8 Å². The smallest absolute Gasteiger partial charge is 0.340 e. The van der Waals surface area contributed by atoms with Gasteiger partial charge in [0.1, 0.15) is 12.4 Å². The van der Waals surface area contributed by atoms with Gasteiger partial charge in [-0.25, -0.2) is 13.2 Å². The second kappa shape index (κ2) is 8.89. The van der Waals surface area contributed by atoms with Gasteiger partial charge >= 0.3 is 5.97 Å². The Hall–Kier alpha value is -2.84. The summed E-state index contributed by atoms with van der Waals surface area (Å²) in [6, 6.07) is 12.7. The van der Waals surface area contributed by atoms with Crippen LogP contribution in [0.2, 0.25) is 5.02 Å². The standard InChI is InChI=1S/C21H21ClN2O5S/c1-4-24(16-8-6-5-7-9-16)30(26,27)17-10-11-20(22)18(12-17)21(25)28-13-19-14(2)23-29-15(19)3/h5-12H,4,13H2,1-3H3. The van der Waals surface area contributed by atoms with Crippen LogP contribution in [0.25, 0.3) is 0 Å². The third kappa shape index (κ3) is 4.34. The molecule has 1 aromatic heterocycles. The van der Waals surface area contributed by atoms with E-state index in [-0.39, 0.29) is 28.6 Å². The van der Waals surface area contributed by atoms with Crippen molar-refractivity contribution >= 4 is 33.3 Å². The van der Waals surface area contributed by atoms with Crippen molar-refractivity contribution < 1.29 is 22.5 Å². The van der Waals surface area contributed by atoms with Gasteiger partial charge in [-0.1, -0.05) is 35.0 Å². The molecule has 0 amide bonds. The number of halogens is 1. The first-order valence-corrected chi connectivity index (χ1v) is 11.0. The molecule has 0 bridgehead atoms. The number of hydrogen-bond donors (Lipinski definition) is 0. The Morgan fingerprint density at radius 2 is 1.87 bits per heavy atom. The van der Waals surface area contributed by atoms with Crippen molar-refractivity contribution in [3.63, 3.8) is 0 Å². The Morgan fingerprint density at radius 3 is 2.47 bits per heavy atom. The van der Waals surface area contributed by atoms with Gasteiger partial charge in [-0.15, -0.1) is 0 Å². The lowest BCUT2D eigenvalue weighted by Gasteiger charge is -2.23. The van der Waals surface area contributed by atoms with Gasteiger partial charge in [-0.05, 0) is 51.1 Å². The largest absolute Gasteiger partial charge is 0.457 e. The van der Waals surface area contributed by atoms with Crippen LogP contribution < -0.4 is 4.31 Å². The SMILES string of the molecule is CCN(c1ccccc1)S(=O)(=O)c1ccc(Cl)c(C(=O)OCc2c(C)noc2C)c1. The Kier molecular flexibility index (Phi) is 6.48. The molecule has 9 heteroatoms. The summed E-state index contributed by atoms with van der Waals surface area (Å²) in [6.45, 7) is 5.35. The molecule has 0 aliphatic rings. The highest BCUT2D eigenvalue weighted by atomic mass is 35.5. The number of esters is 1. The van der Waals surface area contributed by atoms with E-state index in [2.05, 4.69) is 5.16 Å². The number of aromatic nitrogens is 1. The first-order valence-electron chi connectivity index (χ1n) is 9.22. The second-order valence-corrected chi connectivity index (χ2v) is 8.80. The Balaban J connectivity index is 1.89.